The Kier molecular flexibility index (Phi) is 3.49. The first kappa shape index (κ1) is 11.7. The van der Waals surface area contributed by atoms with Crippen LogP contribution < -0.4 is 0 Å². The van der Waals surface area contributed by atoms with Crippen LogP contribution in [-0.2, 0) is 4.74 Å². The summed E-state index contributed by atoms with van der Waals surface area (Å²) in [5.41, 5.74) is 1.74. The van der Waals surface area contributed by atoms with E-state index in [0.717, 1.165) is 4.88 Å². The van der Waals surface area contributed by atoms with Crippen molar-refractivity contribution < 1.29 is 9.53 Å². The molecule has 0 atom stereocenters. The highest BCUT2D eigenvalue weighted by atomic mass is 32.1. The molecule has 0 aliphatic carbocycles. The number of esters is 1. The van der Waals surface area contributed by atoms with Crippen molar-refractivity contribution in [2.75, 3.05) is 6.61 Å². The average molecular weight is 248 g/mol. The summed E-state index contributed by atoms with van der Waals surface area (Å²) < 4.78 is 5.03. The Morgan fingerprint density at radius 3 is 2.94 bits per heavy atom. The van der Waals surface area contributed by atoms with Crippen LogP contribution in [0.25, 0.3) is 10.6 Å². The molecule has 5 heteroatoms. The fraction of sp³-hybridized carbons (Fsp3) is 0.250. The van der Waals surface area contributed by atoms with Gasteiger partial charge in [-0.2, -0.15) is 0 Å². The van der Waals surface area contributed by atoms with Crippen LogP contribution in [0.15, 0.2) is 23.8 Å². The molecule has 88 valence electrons. The minimum Gasteiger partial charge on any atom is -0.462 e. The number of ether oxygens (including phenoxy) is 1. The van der Waals surface area contributed by atoms with Crippen LogP contribution in [0.4, 0.5) is 0 Å². The molecule has 2 rings (SSSR count). The second-order valence-corrected chi connectivity index (χ2v) is 4.33. The number of carbonyl (C=O) groups is 1. The Morgan fingerprint density at radius 2 is 2.29 bits per heavy atom. The lowest BCUT2D eigenvalue weighted by Crippen LogP contribution is -2.10. The largest absolute Gasteiger partial charge is 0.462 e. The van der Waals surface area contributed by atoms with E-state index in [4.69, 9.17) is 4.74 Å². The van der Waals surface area contributed by atoms with Crippen molar-refractivity contribution in [3.05, 3.63) is 35.1 Å². The number of hydrogen-bond acceptors (Lipinski definition) is 5. The number of carbonyl (C=O) groups excluding carboxylic acids is 1. The Labute approximate surface area is 103 Å². The van der Waals surface area contributed by atoms with E-state index in [-0.39, 0.29) is 5.97 Å². The van der Waals surface area contributed by atoms with Gasteiger partial charge in [-0.15, -0.1) is 11.3 Å². The highest BCUT2D eigenvalue weighted by Crippen LogP contribution is 2.27. The molecular formula is C12H12N2O2S. The van der Waals surface area contributed by atoms with Gasteiger partial charge in [0.2, 0.25) is 0 Å². The number of rotatable bonds is 3. The zero-order chi connectivity index (χ0) is 12.3. The Balaban J connectivity index is 2.53. The highest BCUT2D eigenvalue weighted by molar-refractivity contribution is 7.13. The first-order chi connectivity index (χ1) is 8.24. The highest BCUT2D eigenvalue weighted by Gasteiger charge is 2.19. The summed E-state index contributed by atoms with van der Waals surface area (Å²) in [6.45, 7) is 3.91. The van der Waals surface area contributed by atoms with Crippen LogP contribution in [0.2, 0.25) is 0 Å². The monoisotopic (exact) mass is 248 g/mol. The SMILES string of the molecule is CCOC(=O)c1c(C)ncnc1-c1cccs1. The zero-order valence-corrected chi connectivity index (χ0v) is 10.5. The molecule has 0 fully saturated rings. The third-order valence-electron chi connectivity index (χ3n) is 2.27. The normalized spacial score (nSPS) is 10.2. The number of hydrogen-bond donors (Lipinski definition) is 0. The summed E-state index contributed by atoms with van der Waals surface area (Å²) in [4.78, 5) is 21.1. The van der Waals surface area contributed by atoms with Gasteiger partial charge in [0.05, 0.1) is 22.9 Å². The van der Waals surface area contributed by atoms with Gasteiger partial charge in [0.25, 0.3) is 0 Å². The molecule has 0 saturated heterocycles. The van der Waals surface area contributed by atoms with E-state index in [2.05, 4.69) is 9.97 Å². The number of aromatic nitrogens is 2. The van der Waals surface area contributed by atoms with E-state index in [9.17, 15) is 4.79 Å². The zero-order valence-electron chi connectivity index (χ0n) is 9.64. The molecule has 0 amide bonds. The van der Waals surface area contributed by atoms with E-state index in [1.807, 2.05) is 17.5 Å². The predicted molar refractivity (Wildman–Crippen MR) is 66.0 cm³/mol. The summed E-state index contributed by atoms with van der Waals surface area (Å²) in [6, 6.07) is 3.85. The van der Waals surface area contributed by atoms with Crippen molar-refractivity contribution in [2.24, 2.45) is 0 Å². The minimum atomic E-state index is -0.367. The van der Waals surface area contributed by atoms with Gasteiger partial charge in [0, 0.05) is 0 Å². The first-order valence-electron chi connectivity index (χ1n) is 5.26. The molecule has 0 spiro atoms. The minimum absolute atomic E-state index is 0.344. The Morgan fingerprint density at radius 1 is 1.47 bits per heavy atom. The lowest BCUT2D eigenvalue weighted by molar-refractivity contribution is 0.0525. The number of nitrogens with zero attached hydrogens (tertiary/aromatic N) is 2. The summed E-state index contributed by atoms with van der Waals surface area (Å²) in [5.74, 6) is -0.367. The van der Waals surface area contributed by atoms with Crippen LogP contribution in [0.5, 0.6) is 0 Å². The van der Waals surface area contributed by atoms with E-state index in [1.165, 1.54) is 17.7 Å². The molecule has 0 aromatic carbocycles. The molecule has 4 nitrogen and oxygen atoms in total. The first-order valence-corrected chi connectivity index (χ1v) is 6.14. The third kappa shape index (κ3) is 2.34. The maximum absolute atomic E-state index is 11.9. The standard InChI is InChI=1S/C12H12N2O2S/c1-3-16-12(15)10-8(2)13-7-14-11(10)9-5-4-6-17-9/h4-7H,3H2,1-2H3. The number of aryl methyl sites for hydroxylation is 1. The van der Waals surface area contributed by atoms with Gasteiger partial charge >= 0.3 is 5.97 Å². The smallest absolute Gasteiger partial charge is 0.342 e. The fourth-order valence-electron chi connectivity index (χ4n) is 1.52. The van der Waals surface area contributed by atoms with Crippen LogP contribution in [-0.4, -0.2) is 22.5 Å². The van der Waals surface area contributed by atoms with E-state index < -0.39 is 0 Å². The topological polar surface area (TPSA) is 52.1 Å². The molecular weight excluding hydrogens is 236 g/mol. The van der Waals surface area contributed by atoms with Crippen molar-refractivity contribution in [3.8, 4) is 10.6 Å². The van der Waals surface area contributed by atoms with Gasteiger partial charge in [-0.3, -0.25) is 0 Å². The molecule has 2 aromatic rings. The van der Waals surface area contributed by atoms with Gasteiger partial charge in [0.15, 0.2) is 0 Å². The van der Waals surface area contributed by atoms with Gasteiger partial charge in [-0.05, 0) is 25.3 Å². The Bertz CT molecular complexity index is 523. The van der Waals surface area contributed by atoms with Crippen LogP contribution in [0, 0.1) is 6.92 Å². The van der Waals surface area contributed by atoms with Crippen LogP contribution in [0.1, 0.15) is 23.0 Å². The van der Waals surface area contributed by atoms with Crippen LogP contribution in [0.3, 0.4) is 0 Å². The molecule has 0 saturated carbocycles. The van der Waals surface area contributed by atoms with Crippen LogP contribution >= 0.6 is 11.3 Å². The molecule has 0 aliphatic heterocycles. The predicted octanol–water partition coefficient (Wildman–Crippen LogP) is 2.69. The molecule has 2 heterocycles. The molecule has 17 heavy (non-hydrogen) atoms. The van der Waals surface area contributed by atoms with E-state index in [1.54, 1.807) is 13.8 Å². The van der Waals surface area contributed by atoms with E-state index >= 15 is 0 Å². The molecule has 0 aliphatic rings. The lowest BCUT2D eigenvalue weighted by atomic mass is 10.1. The molecule has 0 bridgehead atoms. The maximum Gasteiger partial charge on any atom is 0.342 e. The van der Waals surface area contributed by atoms with Gasteiger partial charge in [-0.1, -0.05) is 6.07 Å². The van der Waals surface area contributed by atoms with Gasteiger partial charge < -0.3 is 4.74 Å². The summed E-state index contributed by atoms with van der Waals surface area (Å²) in [6.07, 6.45) is 1.47. The van der Waals surface area contributed by atoms with Gasteiger partial charge in [-0.25, -0.2) is 14.8 Å². The van der Waals surface area contributed by atoms with Crippen molar-refractivity contribution in [1.29, 1.82) is 0 Å². The lowest BCUT2D eigenvalue weighted by Gasteiger charge is -2.08. The van der Waals surface area contributed by atoms with E-state index in [0.29, 0.717) is 23.6 Å². The second kappa shape index (κ2) is 5.05. The van der Waals surface area contributed by atoms with Crippen molar-refractivity contribution in [2.45, 2.75) is 13.8 Å². The van der Waals surface area contributed by atoms with Crippen molar-refractivity contribution in [3.63, 3.8) is 0 Å². The number of thiophene rings is 1. The molecule has 0 unspecified atom stereocenters. The van der Waals surface area contributed by atoms with Crippen molar-refractivity contribution >= 4 is 17.3 Å². The molecule has 2 aromatic heterocycles. The maximum atomic E-state index is 11.9. The second-order valence-electron chi connectivity index (χ2n) is 3.38. The Hall–Kier alpha value is -1.75. The summed E-state index contributed by atoms with van der Waals surface area (Å²) in [5, 5.41) is 1.95. The average Bonchev–Trinajstić information content (AvgIpc) is 2.82. The fourth-order valence-corrected chi connectivity index (χ4v) is 2.25. The summed E-state index contributed by atoms with van der Waals surface area (Å²) >= 11 is 1.54. The molecule has 0 N–H and O–H groups in total. The van der Waals surface area contributed by atoms with Gasteiger partial charge in [0.1, 0.15) is 11.9 Å². The summed E-state index contributed by atoms with van der Waals surface area (Å²) in [7, 11) is 0. The van der Waals surface area contributed by atoms with Crippen molar-refractivity contribution in [1.82, 2.24) is 9.97 Å². The third-order valence-corrected chi connectivity index (χ3v) is 3.15. The quantitative estimate of drug-likeness (QED) is 0.784. The molecule has 0 radical (unpaired) electrons.